The number of carbonyl (C=O) groups excluding carboxylic acids is 1. The standard InChI is InChI=1S/C14H12FNO4/c1-8(14(18)19)16-13(17)12-7-6-11(20-12)9-4-2-3-5-10(9)15/h2-8H,1H3,(H,16,17)(H,18,19). The van der Waals surface area contributed by atoms with Crippen molar-refractivity contribution in [3.05, 3.63) is 48.0 Å². The second-order valence-electron chi connectivity index (χ2n) is 4.18. The molecule has 0 fully saturated rings. The summed E-state index contributed by atoms with van der Waals surface area (Å²) in [7, 11) is 0. The second kappa shape index (κ2) is 5.56. The van der Waals surface area contributed by atoms with Gasteiger partial charge in [0, 0.05) is 0 Å². The van der Waals surface area contributed by atoms with Gasteiger partial charge in [0.2, 0.25) is 0 Å². The van der Waals surface area contributed by atoms with Crippen molar-refractivity contribution in [2.45, 2.75) is 13.0 Å². The Balaban J connectivity index is 2.19. The lowest BCUT2D eigenvalue weighted by Crippen LogP contribution is -2.38. The Morgan fingerprint density at radius 1 is 1.25 bits per heavy atom. The topological polar surface area (TPSA) is 79.5 Å². The van der Waals surface area contributed by atoms with Crippen LogP contribution in [-0.2, 0) is 4.79 Å². The van der Waals surface area contributed by atoms with Gasteiger partial charge in [0.1, 0.15) is 17.6 Å². The Hall–Kier alpha value is -2.63. The van der Waals surface area contributed by atoms with E-state index in [4.69, 9.17) is 9.52 Å². The van der Waals surface area contributed by atoms with Crippen LogP contribution in [0.3, 0.4) is 0 Å². The molecule has 1 unspecified atom stereocenters. The predicted molar refractivity (Wildman–Crippen MR) is 68.7 cm³/mol. The molecule has 0 aliphatic carbocycles. The van der Waals surface area contributed by atoms with E-state index in [1.54, 1.807) is 12.1 Å². The Kier molecular flexibility index (Phi) is 3.84. The molecule has 0 spiro atoms. The first-order chi connectivity index (χ1) is 9.49. The van der Waals surface area contributed by atoms with E-state index in [1.807, 2.05) is 0 Å². The molecule has 1 aromatic heterocycles. The van der Waals surface area contributed by atoms with Gasteiger partial charge in [-0.05, 0) is 31.2 Å². The van der Waals surface area contributed by atoms with Crippen molar-refractivity contribution in [2.75, 3.05) is 0 Å². The first-order valence-electron chi connectivity index (χ1n) is 5.87. The van der Waals surface area contributed by atoms with Crippen LogP contribution in [0.4, 0.5) is 4.39 Å². The van der Waals surface area contributed by atoms with Gasteiger partial charge in [-0.1, -0.05) is 12.1 Å². The predicted octanol–water partition coefficient (Wildman–Crippen LogP) is 2.29. The fraction of sp³-hybridized carbons (Fsp3) is 0.143. The van der Waals surface area contributed by atoms with Gasteiger partial charge in [-0.25, -0.2) is 4.39 Å². The number of carboxylic acids is 1. The van der Waals surface area contributed by atoms with Crippen LogP contribution < -0.4 is 5.32 Å². The van der Waals surface area contributed by atoms with Gasteiger partial charge in [-0.3, -0.25) is 9.59 Å². The molecule has 20 heavy (non-hydrogen) atoms. The first kappa shape index (κ1) is 13.8. The van der Waals surface area contributed by atoms with Crippen LogP contribution in [0.15, 0.2) is 40.8 Å². The van der Waals surface area contributed by atoms with E-state index in [2.05, 4.69) is 5.32 Å². The zero-order chi connectivity index (χ0) is 14.7. The van der Waals surface area contributed by atoms with E-state index in [0.717, 1.165) is 0 Å². The lowest BCUT2D eigenvalue weighted by atomic mass is 10.1. The molecule has 0 saturated heterocycles. The molecule has 2 aromatic rings. The number of benzene rings is 1. The van der Waals surface area contributed by atoms with Gasteiger partial charge in [0.05, 0.1) is 5.56 Å². The van der Waals surface area contributed by atoms with E-state index >= 15 is 0 Å². The first-order valence-corrected chi connectivity index (χ1v) is 5.87. The number of hydrogen-bond acceptors (Lipinski definition) is 3. The molecule has 104 valence electrons. The summed E-state index contributed by atoms with van der Waals surface area (Å²) in [6.07, 6.45) is 0. The fourth-order valence-corrected chi connectivity index (χ4v) is 1.60. The molecule has 1 amide bonds. The second-order valence-corrected chi connectivity index (χ2v) is 4.18. The molecule has 1 atom stereocenters. The fourth-order valence-electron chi connectivity index (χ4n) is 1.60. The number of carboxylic acid groups (broad SMARTS) is 1. The van der Waals surface area contributed by atoms with Crippen LogP contribution in [0.2, 0.25) is 0 Å². The largest absolute Gasteiger partial charge is 0.480 e. The van der Waals surface area contributed by atoms with Gasteiger partial charge in [-0.2, -0.15) is 0 Å². The number of aliphatic carboxylic acids is 1. The lowest BCUT2D eigenvalue weighted by molar-refractivity contribution is -0.138. The summed E-state index contributed by atoms with van der Waals surface area (Å²) in [6, 6.07) is 7.78. The zero-order valence-corrected chi connectivity index (χ0v) is 10.6. The van der Waals surface area contributed by atoms with Crippen LogP contribution in [0.1, 0.15) is 17.5 Å². The minimum atomic E-state index is -1.15. The molecular formula is C14H12FNO4. The summed E-state index contributed by atoms with van der Waals surface area (Å²) in [5.74, 6) is -2.15. The summed E-state index contributed by atoms with van der Waals surface area (Å²) in [5, 5.41) is 11.0. The van der Waals surface area contributed by atoms with Crippen LogP contribution in [0, 0.1) is 5.82 Å². The summed E-state index contributed by atoms with van der Waals surface area (Å²) in [6.45, 7) is 1.33. The van der Waals surface area contributed by atoms with Crippen molar-refractivity contribution in [3.63, 3.8) is 0 Å². The van der Waals surface area contributed by atoms with Gasteiger partial charge >= 0.3 is 5.97 Å². The van der Waals surface area contributed by atoms with Crippen molar-refractivity contribution in [1.82, 2.24) is 5.32 Å². The number of rotatable bonds is 4. The third-order valence-corrected chi connectivity index (χ3v) is 2.69. The maximum atomic E-state index is 13.6. The molecule has 1 heterocycles. The number of amides is 1. The van der Waals surface area contributed by atoms with Crippen LogP contribution in [0.25, 0.3) is 11.3 Å². The van der Waals surface area contributed by atoms with E-state index in [9.17, 15) is 14.0 Å². The number of nitrogens with one attached hydrogen (secondary N) is 1. The molecule has 0 radical (unpaired) electrons. The number of carbonyl (C=O) groups is 2. The maximum absolute atomic E-state index is 13.6. The SMILES string of the molecule is CC(NC(=O)c1ccc(-c2ccccc2F)o1)C(=O)O. The minimum Gasteiger partial charge on any atom is -0.480 e. The average Bonchev–Trinajstić information content (AvgIpc) is 2.88. The van der Waals surface area contributed by atoms with Crippen molar-refractivity contribution in [2.24, 2.45) is 0 Å². The molecule has 2 rings (SSSR count). The summed E-state index contributed by atoms with van der Waals surface area (Å²) >= 11 is 0. The zero-order valence-electron chi connectivity index (χ0n) is 10.6. The normalized spacial score (nSPS) is 11.9. The van der Waals surface area contributed by atoms with Gasteiger partial charge in [0.15, 0.2) is 5.76 Å². The van der Waals surface area contributed by atoms with Gasteiger partial charge in [0.25, 0.3) is 5.91 Å². The average molecular weight is 277 g/mol. The molecule has 1 aromatic carbocycles. The van der Waals surface area contributed by atoms with Crippen molar-refractivity contribution in [3.8, 4) is 11.3 Å². The number of hydrogen-bond donors (Lipinski definition) is 2. The lowest BCUT2D eigenvalue weighted by Gasteiger charge is -2.07. The van der Waals surface area contributed by atoms with Crippen molar-refractivity contribution in [1.29, 1.82) is 0 Å². The van der Waals surface area contributed by atoms with Crippen LogP contribution in [-0.4, -0.2) is 23.0 Å². The molecular weight excluding hydrogens is 265 g/mol. The Morgan fingerprint density at radius 2 is 1.95 bits per heavy atom. The molecule has 0 bridgehead atoms. The smallest absolute Gasteiger partial charge is 0.325 e. The molecule has 0 saturated carbocycles. The van der Waals surface area contributed by atoms with Crippen LogP contribution in [0.5, 0.6) is 0 Å². The molecule has 0 aliphatic rings. The highest BCUT2D eigenvalue weighted by molar-refractivity contribution is 5.94. The Labute approximate surface area is 114 Å². The third kappa shape index (κ3) is 2.85. The molecule has 5 nitrogen and oxygen atoms in total. The molecule has 6 heteroatoms. The Morgan fingerprint density at radius 3 is 2.60 bits per heavy atom. The van der Waals surface area contributed by atoms with Gasteiger partial charge < -0.3 is 14.8 Å². The monoisotopic (exact) mass is 277 g/mol. The minimum absolute atomic E-state index is 0.0728. The highest BCUT2D eigenvalue weighted by Gasteiger charge is 2.18. The molecule has 2 N–H and O–H groups in total. The highest BCUT2D eigenvalue weighted by atomic mass is 19.1. The Bertz CT molecular complexity index is 650. The summed E-state index contributed by atoms with van der Waals surface area (Å²) in [5.41, 5.74) is 0.234. The highest BCUT2D eigenvalue weighted by Crippen LogP contribution is 2.24. The van der Waals surface area contributed by atoms with Crippen molar-refractivity contribution >= 4 is 11.9 Å². The van der Waals surface area contributed by atoms with E-state index < -0.39 is 23.7 Å². The quantitative estimate of drug-likeness (QED) is 0.898. The summed E-state index contributed by atoms with van der Waals surface area (Å²) < 4.78 is 18.8. The summed E-state index contributed by atoms with van der Waals surface area (Å²) in [4.78, 5) is 22.4. The molecule has 0 aliphatic heterocycles. The van der Waals surface area contributed by atoms with Crippen molar-refractivity contribution < 1.29 is 23.5 Å². The van der Waals surface area contributed by atoms with E-state index in [-0.39, 0.29) is 17.1 Å². The van der Waals surface area contributed by atoms with Crippen LogP contribution >= 0.6 is 0 Å². The number of furan rings is 1. The maximum Gasteiger partial charge on any atom is 0.325 e. The van der Waals surface area contributed by atoms with Gasteiger partial charge in [-0.15, -0.1) is 0 Å². The number of halogens is 1. The van der Waals surface area contributed by atoms with E-state index in [0.29, 0.717) is 0 Å². The third-order valence-electron chi connectivity index (χ3n) is 2.69. The van der Waals surface area contributed by atoms with E-state index in [1.165, 1.54) is 31.2 Å².